The standard InChI is InChI=1S/C20H22N2O3/c1-24-17-6-8-18(9-7-17)25-13-19-14-4-5-16(11-14)22(19)20(23)15-3-2-10-21-12-15/h2-3,6-10,12,14,16,19H,4-5,11,13H2,1H3/t14-,16+,19-/m0/s1. The molecule has 0 unspecified atom stereocenters. The Morgan fingerprint density at radius 1 is 1.20 bits per heavy atom. The first-order valence-electron chi connectivity index (χ1n) is 8.76. The number of benzene rings is 1. The zero-order chi connectivity index (χ0) is 17.2. The molecule has 1 amide bonds. The summed E-state index contributed by atoms with van der Waals surface area (Å²) in [6, 6.07) is 11.7. The van der Waals surface area contributed by atoms with E-state index in [1.165, 1.54) is 6.42 Å². The maximum Gasteiger partial charge on any atom is 0.256 e. The quantitative estimate of drug-likeness (QED) is 0.840. The Labute approximate surface area is 147 Å². The average molecular weight is 338 g/mol. The summed E-state index contributed by atoms with van der Waals surface area (Å²) in [6.45, 7) is 0.527. The lowest BCUT2D eigenvalue weighted by molar-refractivity contribution is 0.0505. The molecule has 0 spiro atoms. The van der Waals surface area contributed by atoms with E-state index in [4.69, 9.17) is 9.47 Å². The predicted octanol–water partition coefficient (Wildman–Crippen LogP) is 3.16. The molecule has 0 radical (unpaired) electrons. The van der Waals surface area contributed by atoms with Crippen LogP contribution in [0.2, 0.25) is 0 Å². The molecule has 1 aliphatic carbocycles. The van der Waals surface area contributed by atoms with Crippen molar-refractivity contribution in [3.05, 3.63) is 54.4 Å². The Kier molecular flexibility index (Phi) is 4.30. The third-order valence-electron chi connectivity index (χ3n) is 5.36. The van der Waals surface area contributed by atoms with Crippen LogP contribution in [0.25, 0.3) is 0 Å². The second-order valence-corrected chi connectivity index (χ2v) is 6.73. The first-order chi connectivity index (χ1) is 12.3. The van der Waals surface area contributed by atoms with Gasteiger partial charge in [-0.25, -0.2) is 0 Å². The SMILES string of the molecule is COc1ccc(OC[C@H]2[C@H]3CC[C@H](C3)N2C(=O)c2cccnc2)cc1. The molecule has 25 heavy (non-hydrogen) atoms. The fraction of sp³-hybridized carbons (Fsp3) is 0.400. The molecule has 5 heteroatoms. The summed E-state index contributed by atoms with van der Waals surface area (Å²) in [6.07, 6.45) is 6.70. The summed E-state index contributed by atoms with van der Waals surface area (Å²) in [4.78, 5) is 19.1. The summed E-state index contributed by atoms with van der Waals surface area (Å²) in [7, 11) is 1.65. The van der Waals surface area contributed by atoms with Gasteiger partial charge in [0.2, 0.25) is 0 Å². The van der Waals surface area contributed by atoms with Gasteiger partial charge in [-0.3, -0.25) is 9.78 Å². The van der Waals surface area contributed by atoms with Crippen LogP contribution < -0.4 is 9.47 Å². The summed E-state index contributed by atoms with van der Waals surface area (Å²) >= 11 is 0. The zero-order valence-corrected chi connectivity index (χ0v) is 14.3. The van der Waals surface area contributed by atoms with Crippen molar-refractivity contribution in [2.24, 2.45) is 5.92 Å². The molecule has 1 aromatic heterocycles. The molecule has 3 atom stereocenters. The fourth-order valence-corrected chi connectivity index (χ4v) is 4.12. The van der Waals surface area contributed by atoms with E-state index in [-0.39, 0.29) is 11.9 Å². The van der Waals surface area contributed by atoms with Gasteiger partial charge < -0.3 is 14.4 Å². The van der Waals surface area contributed by atoms with E-state index < -0.39 is 0 Å². The van der Waals surface area contributed by atoms with Crippen LogP contribution in [0.3, 0.4) is 0 Å². The highest BCUT2D eigenvalue weighted by molar-refractivity contribution is 5.94. The van der Waals surface area contributed by atoms with Crippen molar-refractivity contribution in [1.82, 2.24) is 9.88 Å². The number of carbonyl (C=O) groups excluding carboxylic acids is 1. The highest BCUT2D eigenvalue weighted by atomic mass is 16.5. The maximum atomic E-state index is 13.0. The van der Waals surface area contributed by atoms with E-state index in [1.807, 2.05) is 41.3 Å². The Morgan fingerprint density at radius 2 is 2.00 bits per heavy atom. The van der Waals surface area contributed by atoms with E-state index in [9.17, 15) is 4.79 Å². The molecule has 0 N–H and O–H groups in total. The van der Waals surface area contributed by atoms with Gasteiger partial charge in [-0.05, 0) is 61.6 Å². The van der Waals surface area contributed by atoms with Crippen molar-refractivity contribution in [2.45, 2.75) is 31.3 Å². The molecule has 1 saturated carbocycles. The van der Waals surface area contributed by atoms with Crippen LogP contribution in [0.1, 0.15) is 29.6 Å². The van der Waals surface area contributed by atoms with E-state index in [0.717, 1.165) is 24.3 Å². The number of methoxy groups -OCH3 is 1. The summed E-state index contributed by atoms with van der Waals surface area (Å²) < 4.78 is 11.2. The zero-order valence-electron chi connectivity index (χ0n) is 14.3. The van der Waals surface area contributed by atoms with Crippen LogP contribution >= 0.6 is 0 Å². The van der Waals surface area contributed by atoms with Crippen molar-refractivity contribution in [1.29, 1.82) is 0 Å². The molecule has 2 aromatic rings. The Hall–Kier alpha value is -2.56. The molecule has 1 aromatic carbocycles. The number of piperidine rings is 1. The summed E-state index contributed by atoms with van der Waals surface area (Å²) in [5.74, 6) is 2.21. The molecule has 2 bridgehead atoms. The molecule has 1 saturated heterocycles. The van der Waals surface area contributed by atoms with Crippen molar-refractivity contribution in [2.75, 3.05) is 13.7 Å². The number of ether oxygens (including phenoxy) is 2. The second-order valence-electron chi connectivity index (χ2n) is 6.73. The Morgan fingerprint density at radius 3 is 2.72 bits per heavy atom. The van der Waals surface area contributed by atoms with Gasteiger partial charge in [0, 0.05) is 18.4 Å². The maximum absolute atomic E-state index is 13.0. The van der Waals surface area contributed by atoms with Gasteiger partial charge in [-0.1, -0.05) is 0 Å². The molecule has 130 valence electrons. The largest absolute Gasteiger partial charge is 0.497 e. The third-order valence-corrected chi connectivity index (χ3v) is 5.36. The van der Waals surface area contributed by atoms with Crippen LogP contribution in [0.15, 0.2) is 48.8 Å². The van der Waals surface area contributed by atoms with Gasteiger partial charge in [0.1, 0.15) is 18.1 Å². The number of hydrogen-bond acceptors (Lipinski definition) is 4. The third kappa shape index (κ3) is 3.06. The van der Waals surface area contributed by atoms with Crippen LogP contribution in [0, 0.1) is 5.92 Å². The predicted molar refractivity (Wildman–Crippen MR) is 93.8 cm³/mol. The lowest BCUT2D eigenvalue weighted by atomic mass is 9.99. The van der Waals surface area contributed by atoms with Crippen molar-refractivity contribution < 1.29 is 14.3 Å². The summed E-state index contributed by atoms with van der Waals surface area (Å²) in [5, 5.41) is 0. The minimum absolute atomic E-state index is 0.0728. The van der Waals surface area contributed by atoms with E-state index in [1.54, 1.807) is 19.5 Å². The molecule has 5 nitrogen and oxygen atoms in total. The number of hydrogen-bond donors (Lipinski definition) is 0. The van der Waals surface area contributed by atoms with Crippen LogP contribution in [0.4, 0.5) is 0 Å². The molecule has 2 aliphatic rings. The monoisotopic (exact) mass is 338 g/mol. The number of aromatic nitrogens is 1. The number of fused-ring (bicyclic) bond motifs is 2. The fourth-order valence-electron chi connectivity index (χ4n) is 4.12. The summed E-state index contributed by atoms with van der Waals surface area (Å²) in [5.41, 5.74) is 0.657. The van der Waals surface area contributed by atoms with Crippen LogP contribution in [-0.2, 0) is 0 Å². The van der Waals surface area contributed by atoms with Crippen LogP contribution in [-0.4, -0.2) is 41.6 Å². The van der Waals surface area contributed by atoms with Crippen molar-refractivity contribution >= 4 is 5.91 Å². The lowest BCUT2D eigenvalue weighted by Gasteiger charge is -2.35. The Bertz CT molecular complexity index is 732. The van der Waals surface area contributed by atoms with Crippen molar-refractivity contribution in [3.63, 3.8) is 0 Å². The topological polar surface area (TPSA) is 51.7 Å². The molecule has 2 heterocycles. The number of likely N-dealkylation sites (tertiary alicyclic amines) is 1. The van der Waals surface area contributed by atoms with Gasteiger partial charge in [-0.15, -0.1) is 0 Å². The molecule has 4 rings (SSSR count). The number of carbonyl (C=O) groups is 1. The number of nitrogens with zero attached hydrogens (tertiary/aromatic N) is 2. The van der Waals surface area contributed by atoms with Gasteiger partial charge in [0.15, 0.2) is 0 Å². The first kappa shape index (κ1) is 15.9. The van der Waals surface area contributed by atoms with Crippen molar-refractivity contribution in [3.8, 4) is 11.5 Å². The Balaban J connectivity index is 1.48. The van der Waals surface area contributed by atoms with Gasteiger partial charge in [-0.2, -0.15) is 0 Å². The highest BCUT2D eigenvalue weighted by Crippen LogP contribution is 2.43. The lowest BCUT2D eigenvalue weighted by Crippen LogP contribution is -2.47. The van der Waals surface area contributed by atoms with E-state index in [2.05, 4.69) is 4.98 Å². The van der Waals surface area contributed by atoms with Crippen LogP contribution in [0.5, 0.6) is 11.5 Å². The van der Waals surface area contributed by atoms with Gasteiger partial charge in [0.05, 0.1) is 18.7 Å². The number of rotatable bonds is 5. The number of amides is 1. The molecular weight excluding hydrogens is 316 g/mol. The molecule has 1 aliphatic heterocycles. The molecular formula is C20H22N2O3. The number of pyridine rings is 1. The smallest absolute Gasteiger partial charge is 0.256 e. The normalized spacial score (nSPS) is 24.4. The average Bonchev–Trinajstić information content (AvgIpc) is 3.28. The molecule has 2 fully saturated rings. The highest BCUT2D eigenvalue weighted by Gasteiger charge is 2.48. The van der Waals surface area contributed by atoms with Gasteiger partial charge in [0.25, 0.3) is 5.91 Å². The van der Waals surface area contributed by atoms with E-state index >= 15 is 0 Å². The first-order valence-corrected chi connectivity index (χ1v) is 8.76. The minimum atomic E-state index is 0.0728. The van der Waals surface area contributed by atoms with Gasteiger partial charge >= 0.3 is 0 Å². The van der Waals surface area contributed by atoms with E-state index in [0.29, 0.717) is 24.1 Å². The second kappa shape index (κ2) is 6.75. The minimum Gasteiger partial charge on any atom is -0.497 e.